The minimum Gasteiger partial charge on any atom is -0.451 e. The zero-order valence-electron chi connectivity index (χ0n) is 18.4. The van der Waals surface area contributed by atoms with E-state index in [4.69, 9.17) is 17.7 Å². The van der Waals surface area contributed by atoms with E-state index in [2.05, 4.69) is 55.4 Å². The second kappa shape index (κ2) is 8.87. The van der Waals surface area contributed by atoms with Crippen molar-refractivity contribution in [2.45, 2.75) is 108 Å². The second-order valence-electron chi connectivity index (χ2n) is 9.08. The van der Waals surface area contributed by atoms with Crippen LogP contribution in [0.3, 0.4) is 0 Å². The Kier molecular flexibility index (Phi) is 7.69. The number of carbonyl (C=O) groups is 1. The number of thioether (sulfide) groups is 1. The average Bonchev–Trinajstić information content (AvgIpc) is 2.86. The van der Waals surface area contributed by atoms with Crippen LogP contribution in [0, 0.1) is 0 Å². The van der Waals surface area contributed by atoms with E-state index in [1.165, 1.54) is 6.92 Å². The van der Waals surface area contributed by atoms with Crippen LogP contribution in [-0.2, 0) is 22.5 Å². The fraction of sp³-hybridized carbons (Fsp3) is 0.947. The van der Waals surface area contributed by atoms with Gasteiger partial charge in [-0.05, 0) is 22.2 Å². The van der Waals surface area contributed by atoms with Crippen molar-refractivity contribution in [3.8, 4) is 0 Å². The highest BCUT2D eigenvalue weighted by atomic mass is 32.2. The summed E-state index contributed by atoms with van der Waals surface area (Å²) >= 11 is 1.69. The predicted octanol–water partition coefficient (Wildman–Crippen LogP) is 5.34. The fourth-order valence-corrected chi connectivity index (χ4v) is 17.2. The number of fused-ring (bicyclic) bond motifs is 1. The summed E-state index contributed by atoms with van der Waals surface area (Å²) in [6.07, 6.45) is 0.732. The van der Waals surface area contributed by atoms with Gasteiger partial charge in [0, 0.05) is 13.3 Å². The van der Waals surface area contributed by atoms with Gasteiger partial charge in [0.15, 0.2) is 5.44 Å². The monoisotopic (exact) mass is 434 g/mol. The maximum absolute atomic E-state index is 11.4. The van der Waals surface area contributed by atoms with Crippen molar-refractivity contribution >= 4 is 34.9 Å². The lowest BCUT2D eigenvalue weighted by Gasteiger charge is -2.51. The summed E-state index contributed by atoms with van der Waals surface area (Å²) in [5.41, 5.74) is 1.18. The first-order valence-corrected chi connectivity index (χ1v) is 15.2. The first-order valence-electron chi connectivity index (χ1n) is 10.3. The Bertz CT molecular complexity index is 510. The van der Waals surface area contributed by atoms with Gasteiger partial charge in [0.25, 0.3) is 0 Å². The van der Waals surface area contributed by atoms with Crippen LogP contribution >= 0.6 is 11.8 Å². The van der Waals surface area contributed by atoms with Crippen molar-refractivity contribution in [3.05, 3.63) is 0 Å². The summed E-state index contributed by atoms with van der Waals surface area (Å²) in [6.45, 7) is 19.9. The molecule has 8 heteroatoms. The molecule has 0 aliphatic carbocycles. The molecule has 0 saturated carbocycles. The number of hydrogen-bond acceptors (Lipinski definition) is 6. The Labute approximate surface area is 171 Å². The molecule has 1 unspecified atom stereocenters. The normalized spacial score (nSPS) is 30.5. The van der Waals surface area contributed by atoms with Crippen LogP contribution in [0.5, 0.6) is 0 Å². The summed E-state index contributed by atoms with van der Waals surface area (Å²) in [5.74, 6) is -0.233. The van der Waals surface area contributed by atoms with E-state index in [-0.39, 0.29) is 22.8 Å². The lowest BCUT2D eigenvalue weighted by atomic mass is 10.2. The number of rotatable bonds is 5. The van der Waals surface area contributed by atoms with E-state index in [0.717, 1.165) is 0 Å². The molecule has 158 valence electrons. The summed E-state index contributed by atoms with van der Waals surface area (Å²) in [6, 6.07) is 0. The van der Waals surface area contributed by atoms with Crippen LogP contribution in [0.1, 0.15) is 68.7 Å². The highest BCUT2D eigenvalue weighted by Crippen LogP contribution is 2.49. The van der Waals surface area contributed by atoms with Gasteiger partial charge < -0.3 is 17.7 Å². The molecule has 5 nitrogen and oxygen atoms in total. The molecule has 3 atom stereocenters. The van der Waals surface area contributed by atoms with E-state index in [0.29, 0.717) is 35.2 Å². The van der Waals surface area contributed by atoms with Crippen LogP contribution < -0.4 is 0 Å². The largest absolute Gasteiger partial charge is 0.451 e. The molecule has 0 N–H and O–H groups in total. The smallest absolute Gasteiger partial charge is 0.334 e. The Morgan fingerprint density at radius 1 is 0.963 bits per heavy atom. The van der Waals surface area contributed by atoms with Gasteiger partial charge in [-0.1, -0.05) is 55.4 Å². The molecule has 0 aromatic rings. The van der Waals surface area contributed by atoms with Gasteiger partial charge in [-0.15, -0.1) is 11.8 Å². The van der Waals surface area contributed by atoms with E-state index >= 15 is 0 Å². The van der Waals surface area contributed by atoms with Crippen molar-refractivity contribution < 1.29 is 22.5 Å². The SMILES string of the molecule is CC(=O)OC1C[C@@H]2O[Si](C(C)C)(C(C)C)O[Si](C(C)C)(C(C)C)OC[C@H]2S1. The molecule has 0 spiro atoms. The highest BCUT2D eigenvalue weighted by molar-refractivity contribution is 8.00. The lowest BCUT2D eigenvalue weighted by Crippen LogP contribution is -2.64. The Morgan fingerprint density at radius 3 is 1.93 bits per heavy atom. The Morgan fingerprint density at radius 2 is 1.48 bits per heavy atom. The third-order valence-corrected chi connectivity index (χ3v) is 17.5. The van der Waals surface area contributed by atoms with Crippen molar-refractivity contribution in [1.82, 2.24) is 0 Å². The summed E-state index contributed by atoms with van der Waals surface area (Å²) in [4.78, 5) is 11.4. The molecule has 2 aliphatic rings. The van der Waals surface area contributed by atoms with Gasteiger partial charge in [0.2, 0.25) is 0 Å². The van der Waals surface area contributed by atoms with Crippen molar-refractivity contribution in [2.75, 3.05) is 6.61 Å². The second-order valence-corrected chi connectivity index (χ2v) is 19.3. The molecule has 2 saturated heterocycles. The number of ether oxygens (including phenoxy) is 1. The zero-order valence-corrected chi connectivity index (χ0v) is 21.2. The van der Waals surface area contributed by atoms with Crippen molar-refractivity contribution in [2.24, 2.45) is 0 Å². The van der Waals surface area contributed by atoms with Crippen LogP contribution in [0.25, 0.3) is 0 Å². The number of esters is 1. The molecule has 2 rings (SSSR count). The van der Waals surface area contributed by atoms with Gasteiger partial charge in [-0.3, -0.25) is 4.79 Å². The number of hydrogen-bond donors (Lipinski definition) is 0. The quantitative estimate of drug-likeness (QED) is 0.430. The van der Waals surface area contributed by atoms with Crippen LogP contribution in [-0.4, -0.2) is 46.5 Å². The molecule has 2 aliphatic heterocycles. The minimum absolute atomic E-state index is 0.0159. The van der Waals surface area contributed by atoms with E-state index in [1.54, 1.807) is 11.8 Å². The Balaban J connectivity index is 2.44. The molecule has 2 fully saturated rings. The first-order chi connectivity index (χ1) is 12.4. The Hall–Kier alpha value is 0.134. The molecule has 0 radical (unpaired) electrons. The topological polar surface area (TPSA) is 54.0 Å². The zero-order chi connectivity index (χ0) is 20.6. The van der Waals surface area contributed by atoms with Gasteiger partial charge >= 0.3 is 23.1 Å². The van der Waals surface area contributed by atoms with Crippen LogP contribution in [0.4, 0.5) is 0 Å². The predicted molar refractivity (Wildman–Crippen MR) is 115 cm³/mol. The van der Waals surface area contributed by atoms with Gasteiger partial charge in [-0.2, -0.15) is 0 Å². The highest BCUT2D eigenvalue weighted by Gasteiger charge is 2.60. The van der Waals surface area contributed by atoms with Crippen molar-refractivity contribution in [3.63, 3.8) is 0 Å². The first kappa shape index (κ1) is 23.4. The molecular formula is C19H38O5SSi2. The summed E-state index contributed by atoms with van der Waals surface area (Å²) in [7, 11) is -5.03. The average molecular weight is 435 g/mol. The third kappa shape index (κ3) is 4.66. The molecular weight excluding hydrogens is 396 g/mol. The van der Waals surface area contributed by atoms with Gasteiger partial charge in [0.05, 0.1) is 18.0 Å². The molecule has 0 aromatic heterocycles. The van der Waals surface area contributed by atoms with E-state index in [1.807, 2.05) is 0 Å². The summed E-state index contributed by atoms with van der Waals surface area (Å²) < 4.78 is 26.3. The standard InChI is InChI=1S/C19H38O5SSi2/c1-12(2)26(13(3)4)21-11-18-17(10-19(25-18)22-16(9)20)23-27(24-26,14(5)6)15(7)8/h12-15,17-19H,10-11H2,1-9H3/t17-,18+,19?/m0/s1. The maximum Gasteiger partial charge on any atom is 0.334 e. The summed E-state index contributed by atoms with van der Waals surface area (Å²) in [5, 5.41) is 0.187. The lowest BCUT2D eigenvalue weighted by molar-refractivity contribution is -0.142. The van der Waals surface area contributed by atoms with Crippen LogP contribution in [0.2, 0.25) is 22.2 Å². The molecule has 2 heterocycles. The molecule has 27 heavy (non-hydrogen) atoms. The fourth-order valence-electron chi connectivity index (χ4n) is 4.37. The maximum atomic E-state index is 11.4. The van der Waals surface area contributed by atoms with Gasteiger partial charge in [-0.25, -0.2) is 0 Å². The third-order valence-electron chi connectivity index (χ3n) is 5.81. The van der Waals surface area contributed by atoms with Gasteiger partial charge in [0.1, 0.15) is 0 Å². The van der Waals surface area contributed by atoms with Crippen LogP contribution in [0.15, 0.2) is 0 Å². The molecule has 0 bridgehead atoms. The molecule has 0 aromatic carbocycles. The van der Waals surface area contributed by atoms with Crippen molar-refractivity contribution in [1.29, 1.82) is 0 Å². The van der Waals surface area contributed by atoms with E-state index in [9.17, 15) is 4.79 Å². The van der Waals surface area contributed by atoms with E-state index < -0.39 is 17.1 Å². The minimum atomic E-state index is -2.55. The molecule has 0 amide bonds. The number of carbonyl (C=O) groups excluding carboxylic acids is 1.